The average Bonchev–Trinajstić information content (AvgIpc) is 2.79. The van der Waals surface area contributed by atoms with E-state index in [9.17, 15) is 32.3 Å². The molecule has 0 aromatic heterocycles. The van der Waals surface area contributed by atoms with Crippen LogP contribution in [0, 0.1) is 5.82 Å². The lowest BCUT2D eigenvalue weighted by molar-refractivity contribution is -0.140. The molecule has 0 radical (unpaired) electrons. The van der Waals surface area contributed by atoms with E-state index in [1.165, 1.54) is 12.2 Å². The third kappa shape index (κ3) is 5.99. The first-order valence-corrected chi connectivity index (χ1v) is 10.1. The van der Waals surface area contributed by atoms with Crippen molar-refractivity contribution in [1.82, 2.24) is 10.2 Å². The van der Waals surface area contributed by atoms with Gasteiger partial charge in [0.15, 0.2) is 0 Å². The van der Waals surface area contributed by atoms with Gasteiger partial charge in [0.1, 0.15) is 18.1 Å². The van der Waals surface area contributed by atoms with Crippen molar-refractivity contribution < 1.29 is 32.3 Å². The van der Waals surface area contributed by atoms with Crippen molar-refractivity contribution in [2.24, 2.45) is 0 Å². The van der Waals surface area contributed by atoms with Crippen molar-refractivity contribution in [2.45, 2.75) is 52.8 Å². The molecule has 2 N–H and O–H groups in total. The lowest BCUT2D eigenvalue weighted by Crippen LogP contribution is -2.42. The highest BCUT2D eigenvalue weighted by Crippen LogP contribution is 2.37. The minimum atomic E-state index is -4.92. The number of amides is 2. The number of rotatable bonds is 5. The van der Waals surface area contributed by atoms with Crippen LogP contribution in [-0.2, 0) is 15.8 Å². The van der Waals surface area contributed by atoms with Gasteiger partial charge in [-0.1, -0.05) is 0 Å². The Bertz CT molecular complexity index is 991. The number of aliphatic hydroxyl groups excluding tert-OH is 1. The molecule has 1 aliphatic rings. The Balaban J connectivity index is 2.65. The van der Waals surface area contributed by atoms with Crippen LogP contribution in [0.1, 0.15) is 51.7 Å². The van der Waals surface area contributed by atoms with E-state index in [-0.39, 0.29) is 35.1 Å². The van der Waals surface area contributed by atoms with Gasteiger partial charge in [0, 0.05) is 11.6 Å². The molecule has 1 heterocycles. The number of nitrogens with one attached hydrogen (secondary N) is 1. The molecule has 1 aromatic carbocycles. The van der Waals surface area contributed by atoms with E-state index in [1.807, 2.05) is 0 Å². The minimum absolute atomic E-state index is 0.0292. The van der Waals surface area contributed by atoms with Gasteiger partial charge >= 0.3 is 6.18 Å². The molecule has 0 unspecified atom stereocenters. The summed E-state index contributed by atoms with van der Waals surface area (Å²) < 4.78 is 53.8. The van der Waals surface area contributed by atoms with Gasteiger partial charge in [-0.25, -0.2) is 4.39 Å². The molecule has 0 aliphatic carbocycles. The normalized spacial score (nSPS) is 17.3. The standard InChI is InChI=1S/C23H26F4N2O3/c1-5-17(30)10-16-7-6-14(4)21(29(22(16)32)12-20(31)28-13(2)3)15-8-9-19(24)18(11-15)23(25,26)27/h5,8-11,13,30H,6-7,12H2,1-4H3,(H,28,31)/b16-10+,17-5+. The van der Waals surface area contributed by atoms with E-state index >= 15 is 0 Å². The number of nitrogens with zero attached hydrogens (tertiary/aromatic N) is 1. The lowest BCUT2D eigenvalue weighted by Gasteiger charge is -2.27. The maximum absolute atomic E-state index is 13.9. The van der Waals surface area contributed by atoms with Crippen molar-refractivity contribution in [1.29, 1.82) is 0 Å². The van der Waals surface area contributed by atoms with Crippen molar-refractivity contribution in [3.8, 4) is 0 Å². The predicted molar refractivity (Wildman–Crippen MR) is 113 cm³/mol. The fourth-order valence-electron chi connectivity index (χ4n) is 3.40. The Morgan fingerprint density at radius 2 is 1.94 bits per heavy atom. The van der Waals surface area contributed by atoms with E-state index in [0.29, 0.717) is 24.1 Å². The molecule has 5 nitrogen and oxygen atoms in total. The zero-order chi connectivity index (χ0) is 24.2. The Kier molecular flexibility index (Phi) is 7.87. The first kappa shape index (κ1) is 25.2. The second kappa shape index (κ2) is 10.0. The zero-order valence-electron chi connectivity index (χ0n) is 18.3. The maximum Gasteiger partial charge on any atom is 0.419 e. The topological polar surface area (TPSA) is 69.6 Å². The number of carbonyl (C=O) groups excluding carboxylic acids is 2. The maximum atomic E-state index is 13.9. The molecule has 0 saturated carbocycles. The molecule has 9 heteroatoms. The van der Waals surface area contributed by atoms with E-state index in [4.69, 9.17) is 0 Å². The quantitative estimate of drug-likeness (QED) is 0.369. The van der Waals surface area contributed by atoms with E-state index in [2.05, 4.69) is 5.32 Å². The number of halogens is 4. The highest BCUT2D eigenvalue weighted by Gasteiger charge is 2.36. The minimum Gasteiger partial charge on any atom is -0.508 e. The number of carbonyl (C=O) groups is 2. The summed E-state index contributed by atoms with van der Waals surface area (Å²) in [6.07, 6.45) is -1.76. The SMILES string of the molecule is C/C=C(O)\C=C1/CCC(C)=C(c2ccc(F)c(C(F)(F)F)c2)N(CC(=O)NC(C)C)C1=O. The van der Waals surface area contributed by atoms with Crippen LogP contribution >= 0.6 is 0 Å². The van der Waals surface area contributed by atoms with E-state index in [0.717, 1.165) is 11.0 Å². The Morgan fingerprint density at radius 3 is 2.50 bits per heavy atom. The van der Waals surface area contributed by atoms with Crippen LogP contribution in [0.4, 0.5) is 17.6 Å². The summed E-state index contributed by atoms with van der Waals surface area (Å²) in [7, 11) is 0. The molecule has 1 aromatic rings. The molecule has 32 heavy (non-hydrogen) atoms. The van der Waals surface area contributed by atoms with Crippen LogP contribution in [0.15, 0.2) is 47.3 Å². The molecule has 0 fully saturated rings. The third-order valence-electron chi connectivity index (χ3n) is 4.88. The first-order chi connectivity index (χ1) is 14.8. The second-order valence-electron chi connectivity index (χ2n) is 7.82. The lowest BCUT2D eigenvalue weighted by atomic mass is 10.0. The van der Waals surface area contributed by atoms with Crippen LogP contribution in [0.25, 0.3) is 5.70 Å². The van der Waals surface area contributed by atoms with Crippen molar-refractivity contribution in [3.05, 3.63) is 64.2 Å². The van der Waals surface area contributed by atoms with E-state index in [1.54, 1.807) is 27.7 Å². The van der Waals surface area contributed by atoms with Crippen LogP contribution in [0.5, 0.6) is 0 Å². The van der Waals surface area contributed by atoms with Crippen LogP contribution in [0.2, 0.25) is 0 Å². The third-order valence-corrected chi connectivity index (χ3v) is 4.88. The van der Waals surface area contributed by atoms with E-state index < -0.39 is 35.9 Å². The number of alkyl halides is 3. The summed E-state index contributed by atoms with van der Waals surface area (Å²) in [5.74, 6) is -2.71. The number of benzene rings is 1. The molecule has 0 bridgehead atoms. The molecule has 0 atom stereocenters. The molecule has 2 amide bonds. The average molecular weight is 454 g/mol. The van der Waals surface area contributed by atoms with Gasteiger partial charge in [-0.05, 0) is 82.0 Å². The fourth-order valence-corrected chi connectivity index (χ4v) is 3.40. The molecular weight excluding hydrogens is 428 g/mol. The molecule has 2 rings (SSSR count). The summed E-state index contributed by atoms with van der Waals surface area (Å²) in [6.45, 7) is 6.24. The van der Waals surface area contributed by atoms with Gasteiger partial charge in [-0.3, -0.25) is 14.5 Å². The van der Waals surface area contributed by atoms with Gasteiger partial charge in [-0.2, -0.15) is 13.2 Å². The molecule has 0 spiro atoms. The highest BCUT2D eigenvalue weighted by molar-refractivity contribution is 6.02. The smallest absolute Gasteiger partial charge is 0.419 e. The van der Waals surface area contributed by atoms with Gasteiger partial charge < -0.3 is 10.4 Å². The van der Waals surface area contributed by atoms with Crippen LogP contribution < -0.4 is 5.32 Å². The number of hydrogen-bond acceptors (Lipinski definition) is 3. The van der Waals surface area contributed by atoms with Crippen LogP contribution in [0.3, 0.4) is 0 Å². The molecule has 174 valence electrons. The Hall–Kier alpha value is -3.10. The van der Waals surface area contributed by atoms with Gasteiger partial charge in [0.05, 0.1) is 11.3 Å². The summed E-state index contributed by atoms with van der Waals surface area (Å²) in [6, 6.07) is 2.28. The Morgan fingerprint density at radius 1 is 1.28 bits per heavy atom. The zero-order valence-corrected chi connectivity index (χ0v) is 18.3. The highest BCUT2D eigenvalue weighted by atomic mass is 19.4. The number of aliphatic hydroxyl groups is 1. The monoisotopic (exact) mass is 454 g/mol. The molecular formula is C23H26F4N2O3. The predicted octanol–water partition coefficient (Wildman–Crippen LogP) is 5.11. The summed E-state index contributed by atoms with van der Waals surface area (Å²) in [5, 5.41) is 12.5. The molecule has 0 saturated heterocycles. The van der Waals surface area contributed by atoms with Crippen molar-refractivity contribution in [3.63, 3.8) is 0 Å². The van der Waals surface area contributed by atoms with Crippen molar-refractivity contribution in [2.75, 3.05) is 6.54 Å². The first-order valence-electron chi connectivity index (χ1n) is 10.1. The Labute approximate surface area is 184 Å². The second-order valence-corrected chi connectivity index (χ2v) is 7.82. The fraction of sp³-hybridized carbons (Fsp3) is 0.391. The number of allylic oxidation sites excluding steroid dienone is 3. The number of hydrogen-bond donors (Lipinski definition) is 2. The van der Waals surface area contributed by atoms with Crippen molar-refractivity contribution >= 4 is 17.5 Å². The molecule has 1 aliphatic heterocycles. The van der Waals surface area contributed by atoms with Gasteiger partial charge in [-0.15, -0.1) is 0 Å². The summed E-state index contributed by atoms with van der Waals surface area (Å²) >= 11 is 0. The largest absolute Gasteiger partial charge is 0.508 e. The summed E-state index contributed by atoms with van der Waals surface area (Å²) in [5.41, 5.74) is -0.619. The summed E-state index contributed by atoms with van der Waals surface area (Å²) in [4.78, 5) is 26.9. The van der Waals surface area contributed by atoms with Crippen LogP contribution in [-0.4, -0.2) is 34.4 Å². The van der Waals surface area contributed by atoms with Gasteiger partial charge in [0.2, 0.25) is 5.91 Å². The van der Waals surface area contributed by atoms with Gasteiger partial charge in [0.25, 0.3) is 5.91 Å².